The molecule has 2 N–H and O–H groups in total. The molecule has 15 heavy (non-hydrogen) atoms. The van der Waals surface area contributed by atoms with Gasteiger partial charge >= 0.3 is 0 Å². The molecule has 0 aliphatic carbocycles. The van der Waals surface area contributed by atoms with Crippen LogP contribution in [0.4, 0.5) is 0 Å². The van der Waals surface area contributed by atoms with Crippen LogP contribution in [0, 0.1) is 0 Å². The highest BCUT2D eigenvalue weighted by molar-refractivity contribution is 6.33. The van der Waals surface area contributed by atoms with Crippen LogP contribution in [0.1, 0.15) is 18.6 Å². The lowest BCUT2D eigenvalue weighted by molar-refractivity contribution is 0.192. The average molecular weight is 233 g/mol. The predicted molar refractivity (Wildman–Crippen MR) is 56.9 cm³/mol. The van der Waals surface area contributed by atoms with Gasteiger partial charge in [-0.1, -0.05) is 11.6 Å². The topological polar surface area (TPSA) is 58.9 Å². The first kappa shape index (κ1) is 11.9. The Morgan fingerprint density at radius 3 is 2.33 bits per heavy atom. The summed E-state index contributed by atoms with van der Waals surface area (Å²) in [4.78, 5) is 0. The molecule has 4 nitrogen and oxygen atoms in total. The molecule has 0 heterocycles. The molecule has 0 aliphatic heterocycles. The summed E-state index contributed by atoms with van der Waals surface area (Å²) < 4.78 is 10.1. The summed E-state index contributed by atoms with van der Waals surface area (Å²) in [6, 6.07) is 1.34. The second kappa shape index (κ2) is 4.59. The Morgan fingerprint density at radius 2 is 1.93 bits per heavy atom. The summed E-state index contributed by atoms with van der Waals surface area (Å²) in [6.07, 6.45) is -0.853. The summed E-state index contributed by atoms with van der Waals surface area (Å²) in [5.74, 6) is 0.510. The van der Waals surface area contributed by atoms with Crippen molar-refractivity contribution in [3.63, 3.8) is 0 Å². The van der Waals surface area contributed by atoms with Crippen LogP contribution in [0.25, 0.3) is 0 Å². The number of halogens is 1. The third-order valence-electron chi connectivity index (χ3n) is 2.04. The lowest BCUT2D eigenvalue weighted by atomic mass is 10.1. The normalized spacial score (nSPS) is 12.3. The van der Waals surface area contributed by atoms with Gasteiger partial charge in [0.1, 0.15) is 5.75 Å². The maximum absolute atomic E-state index is 9.53. The summed E-state index contributed by atoms with van der Waals surface area (Å²) >= 11 is 5.86. The Kier molecular flexibility index (Phi) is 3.66. The number of aromatic hydroxyl groups is 1. The highest BCUT2D eigenvalue weighted by atomic mass is 35.5. The van der Waals surface area contributed by atoms with Crippen LogP contribution < -0.4 is 9.47 Å². The number of ether oxygens (including phenoxy) is 2. The highest BCUT2D eigenvalue weighted by Gasteiger charge is 2.21. The Bertz CT molecular complexity index is 363. The zero-order valence-corrected chi connectivity index (χ0v) is 9.50. The average Bonchev–Trinajstić information content (AvgIpc) is 2.20. The molecule has 5 heteroatoms. The van der Waals surface area contributed by atoms with Gasteiger partial charge in [0.25, 0.3) is 0 Å². The lowest BCUT2D eigenvalue weighted by Crippen LogP contribution is -2.00. The number of rotatable bonds is 3. The molecule has 1 aromatic rings. The third kappa shape index (κ3) is 2.11. The van der Waals surface area contributed by atoms with E-state index in [0.717, 1.165) is 0 Å². The molecular formula is C10H13ClO4. The smallest absolute Gasteiger partial charge is 0.168 e. The van der Waals surface area contributed by atoms with Crippen molar-refractivity contribution in [2.75, 3.05) is 14.2 Å². The van der Waals surface area contributed by atoms with Gasteiger partial charge in [0.15, 0.2) is 11.5 Å². The van der Waals surface area contributed by atoms with Gasteiger partial charge in [-0.3, -0.25) is 0 Å². The first-order valence-electron chi connectivity index (χ1n) is 4.34. The Morgan fingerprint density at radius 1 is 1.33 bits per heavy atom. The van der Waals surface area contributed by atoms with E-state index in [1.54, 1.807) is 0 Å². The molecule has 1 unspecified atom stereocenters. The molecule has 0 aliphatic rings. The van der Waals surface area contributed by atoms with Crippen molar-refractivity contribution >= 4 is 11.6 Å². The monoisotopic (exact) mass is 232 g/mol. The Hall–Kier alpha value is -1.13. The van der Waals surface area contributed by atoms with E-state index in [0.29, 0.717) is 17.1 Å². The number of hydrogen-bond donors (Lipinski definition) is 2. The molecule has 0 fully saturated rings. The second-order valence-electron chi connectivity index (χ2n) is 3.03. The molecule has 0 bridgehead atoms. The number of aliphatic hydroxyl groups excluding tert-OH is 1. The fraction of sp³-hybridized carbons (Fsp3) is 0.400. The van der Waals surface area contributed by atoms with Crippen molar-refractivity contribution in [1.29, 1.82) is 0 Å². The number of phenols is 1. The first-order valence-corrected chi connectivity index (χ1v) is 4.72. The van der Waals surface area contributed by atoms with E-state index in [-0.39, 0.29) is 10.8 Å². The van der Waals surface area contributed by atoms with E-state index in [2.05, 4.69) is 0 Å². The van der Waals surface area contributed by atoms with Gasteiger partial charge < -0.3 is 19.7 Å². The number of benzene rings is 1. The minimum Gasteiger partial charge on any atom is -0.506 e. The molecule has 0 radical (unpaired) electrons. The van der Waals surface area contributed by atoms with E-state index < -0.39 is 6.10 Å². The van der Waals surface area contributed by atoms with Gasteiger partial charge in [0.2, 0.25) is 0 Å². The number of aliphatic hydroxyl groups is 1. The molecule has 0 amide bonds. The SMILES string of the molecule is COc1cc(O)c(Cl)c(C(C)O)c1OC. The van der Waals surface area contributed by atoms with Crippen molar-refractivity contribution in [2.24, 2.45) is 0 Å². The van der Waals surface area contributed by atoms with Crippen LogP contribution in [0.3, 0.4) is 0 Å². The fourth-order valence-electron chi connectivity index (χ4n) is 1.36. The Labute approximate surface area is 93.0 Å². The summed E-state index contributed by atoms with van der Waals surface area (Å²) in [5.41, 5.74) is 0.316. The van der Waals surface area contributed by atoms with Crippen molar-refractivity contribution in [1.82, 2.24) is 0 Å². The minimum atomic E-state index is -0.853. The van der Waals surface area contributed by atoms with Crippen molar-refractivity contribution in [3.05, 3.63) is 16.7 Å². The third-order valence-corrected chi connectivity index (χ3v) is 2.44. The van der Waals surface area contributed by atoms with Crippen molar-refractivity contribution < 1.29 is 19.7 Å². The van der Waals surface area contributed by atoms with Gasteiger partial charge in [-0.15, -0.1) is 0 Å². The number of hydrogen-bond acceptors (Lipinski definition) is 4. The van der Waals surface area contributed by atoms with Crippen molar-refractivity contribution in [2.45, 2.75) is 13.0 Å². The van der Waals surface area contributed by atoms with Crippen LogP contribution in [0.2, 0.25) is 5.02 Å². The van der Waals surface area contributed by atoms with Crippen LogP contribution in [0.15, 0.2) is 6.07 Å². The first-order chi connectivity index (χ1) is 7.02. The largest absolute Gasteiger partial charge is 0.506 e. The van der Waals surface area contributed by atoms with Gasteiger partial charge in [-0.05, 0) is 6.92 Å². The summed E-state index contributed by atoms with van der Waals surface area (Å²) in [7, 11) is 2.88. The quantitative estimate of drug-likeness (QED) is 0.838. The van der Waals surface area contributed by atoms with Gasteiger partial charge in [0.05, 0.1) is 25.3 Å². The zero-order valence-electron chi connectivity index (χ0n) is 8.74. The maximum Gasteiger partial charge on any atom is 0.168 e. The molecule has 0 saturated carbocycles. The summed E-state index contributed by atoms with van der Waals surface area (Å²) in [6.45, 7) is 1.53. The van der Waals surface area contributed by atoms with E-state index in [1.165, 1.54) is 27.2 Å². The molecule has 1 rings (SSSR count). The molecule has 1 atom stereocenters. The lowest BCUT2D eigenvalue weighted by Gasteiger charge is -2.16. The minimum absolute atomic E-state index is 0.0719. The van der Waals surface area contributed by atoms with Gasteiger partial charge in [-0.25, -0.2) is 0 Å². The standard InChI is InChI=1S/C10H13ClO4/c1-5(12)8-9(11)6(13)4-7(14-2)10(8)15-3/h4-5,12-13H,1-3H3. The maximum atomic E-state index is 9.53. The zero-order chi connectivity index (χ0) is 11.6. The molecule has 0 spiro atoms. The van der Waals surface area contributed by atoms with Gasteiger partial charge in [-0.2, -0.15) is 0 Å². The number of phenolic OH excluding ortho intramolecular Hbond substituents is 1. The van der Waals surface area contributed by atoms with E-state index in [1.807, 2.05) is 0 Å². The molecular weight excluding hydrogens is 220 g/mol. The molecule has 0 aromatic heterocycles. The fourth-order valence-corrected chi connectivity index (χ4v) is 1.66. The van der Waals surface area contributed by atoms with Crippen LogP contribution in [-0.2, 0) is 0 Å². The summed E-state index contributed by atoms with van der Waals surface area (Å²) in [5, 5.41) is 19.1. The van der Waals surface area contributed by atoms with Crippen LogP contribution >= 0.6 is 11.6 Å². The van der Waals surface area contributed by atoms with E-state index in [4.69, 9.17) is 21.1 Å². The molecule has 1 aromatic carbocycles. The number of methoxy groups -OCH3 is 2. The van der Waals surface area contributed by atoms with E-state index in [9.17, 15) is 10.2 Å². The predicted octanol–water partition coefficient (Wildman–Crippen LogP) is 2.12. The molecule has 84 valence electrons. The second-order valence-corrected chi connectivity index (χ2v) is 3.41. The molecule has 0 saturated heterocycles. The van der Waals surface area contributed by atoms with Crippen molar-refractivity contribution in [3.8, 4) is 17.2 Å². The van der Waals surface area contributed by atoms with Crippen LogP contribution in [-0.4, -0.2) is 24.4 Å². The Balaban J connectivity index is 3.49. The van der Waals surface area contributed by atoms with E-state index >= 15 is 0 Å². The van der Waals surface area contributed by atoms with Gasteiger partial charge in [0, 0.05) is 11.6 Å². The van der Waals surface area contributed by atoms with Crippen LogP contribution in [0.5, 0.6) is 17.2 Å². The highest BCUT2D eigenvalue weighted by Crippen LogP contribution is 2.44.